The Morgan fingerprint density at radius 3 is 2.62 bits per heavy atom. The topological polar surface area (TPSA) is 108 Å². The largest absolute Gasteiger partial charge is 0.573 e. The maximum Gasteiger partial charge on any atom is 0.573 e. The number of hydrogen-bond donors (Lipinski definition) is 4. The summed E-state index contributed by atoms with van der Waals surface area (Å²) < 4.78 is 40.8. The fourth-order valence-corrected chi connectivity index (χ4v) is 2.21. The highest BCUT2D eigenvalue weighted by Crippen LogP contribution is 2.34. The Morgan fingerprint density at radius 2 is 1.96 bits per heavy atom. The molecular weight excluding hydrogens is 325 g/mol. The van der Waals surface area contributed by atoms with Crippen LogP contribution < -0.4 is 10.5 Å². The molecule has 124 valence electrons. The van der Waals surface area contributed by atoms with Crippen LogP contribution in [0.3, 0.4) is 0 Å². The number of H-pyrrole nitrogens is 1. The van der Waals surface area contributed by atoms with Gasteiger partial charge in [-0.2, -0.15) is 0 Å². The number of nitrogen functional groups attached to an aromatic ring is 1. The lowest BCUT2D eigenvalue weighted by Crippen LogP contribution is -2.17. The van der Waals surface area contributed by atoms with Gasteiger partial charge in [0.25, 0.3) is 0 Å². The van der Waals surface area contributed by atoms with Crippen LogP contribution in [0.5, 0.6) is 11.5 Å². The van der Waals surface area contributed by atoms with E-state index in [1.54, 1.807) is 18.2 Å². The monoisotopic (exact) mass is 336 g/mol. The van der Waals surface area contributed by atoms with E-state index in [4.69, 9.17) is 11.1 Å². The lowest BCUT2D eigenvalue weighted by atomic mass is 10.2. The molecule has 3 aromatic rings. The van der Waals surface area contributed by atoms with Crippen LogP contribution in [0.2, 0.25) is 0 Å². The van der Waals surface area contributed by atoms with Gasteiger partial charge in [0.2, 0.25) is 0 Å². The number of aromatic nitrogens is 2. The number of amidine groups is 1. The number of nitrogens with two attached hydrogens (primary N) is 1. The lowest BCUT2D eigenvalue weighted by molar-refractivity contribution is -0.274. The summed E-state index contributed by atoms with van der Waals surface area (Å²) in [4.78, 5) is 7.10. The molecule has 0 aliphatic rings. The summed E-state index contributed by atoms with van der Waals surface area (Å²) in [6.45, 7) is 0. The van der Waals surface area contributed by atoms with Crippen molar-refractivity contribution in [1.29, 1.82) is 5.41 Å². The first-order chi connectivity index (χ1) is 11.2. The number of phenolic OH excluding ortho intramolecular Hbond substituents is 1. The number of nitrogens with zero attached hydrogens (tertiary/aromatic N) is 1. The van der Waals surface area contributed by atoms with Crippen LogP contribution in [-0.2, 0) is 0 Å². The lowest BCUT2D eigenvalue weighted by Gasteiger charge is -2.10. The van der Waals surface area contributed by atoms with Crippen molar-refractivity contribution in [1.82, 2.24) is 9.97 Å². The summed E-state index contributed by atoms with van der Waals surface area (Å²) in [7, 11) is 0. The standard InChI is InChI=1S/C15H11F3N4O2/c16-15(17,18)24-8-2-4-12(23)9(6-8)14-21-10-3-1-7(13(19)20)5-11(10)22-14/h1-6,23H,(H3,19,20)(H,21,22). The van der Waals surface area contributed by atoms with Gasteiger partial charge in [0.05, 0.1) is 16.6 Å². The third kappa shape index (κ3) is 3.09. The fraction of sp³-hybridized carbons (Fsp3) is 0.0667. The van der Waals surface area contributed by atoms with Crippen LogP contribution >= 0.6 is 0 Å². The van der Waals surface area contributed by atoms with E-state index in [0.717, 1.165) is 18.2 Å². The molecule has 0 aliphatic carbocycles. The molecule has 1 heterocycles. The van der Waals surface area contributed by atoms with Gasteiger partial charge in [-0.3, -0.25) is 5.41 Å². The summed E-state index contributed by atoms with van der Waals surface area (Å²) >= 11 is 0. The Labute approximate surface area is 133 Å². The summed E-state index contributed by atoms with van der Waals surface area (Å²) in [6, 6.07) is 7.92. The predicted molar refractivity (Wildman–Crippen MR) is 80.9 cm³/mol. The quantitative estimate of drug-likeness (QED) is 0.435. The molecular formula is C15H11F3N4O2. The third-order valence-corrected chi connectivity index (χ3v) is 3.25. The molecule has 0 saturated carbocycles. The minimum absolute atomic E-state index is 0.0531. The highest BCUT2D eigenvalue weighted by molar-refractivity contribution is 5.98. The molecule has 0 saturated heterocycles. The normalized spacial score (nSPS) is 11.6. The summed E-state index contributed by atoms with van der Waals surface area (Å²) in [5.41, 5.74) is 6.97. The molecule has 0 fully saturated rings. The maximum atomic E-state index is 12.3. The first-order valence-electron chi connectivity index (χ1n) is 6.66. The van der Waals surface area contributed by atoms with Crippen molar-refractivity contribution in [2.45, 2.75) is 6.36 Å². The van der Waals surface area contributed by atoms with E-state index in [2.05, 4.69) is 14.7 Å². The van der Waals surface area contributed by atoms with Gasteiger partial charge in [-0.15, -0.1) is 13.2 Å². The third-order valence-electron chi connectivity index (χ3n) is 3.25. The second-order valence-electron chi connectivity index (χ2n) is 4.96. The zero-order valence-electron chi connectivity index (χ0n) is 12.0. The minimum atomic E-state index is -4.83. The molecule has 3 rings (SSSR count). The Balaban J connectivity index is 2.06. The number of fused-ring (bicyclic) bond motifs is 1. The van der Waals surface area contributed by atoms with Gasteiger partial charge in [0.15, 0.2) is 0 Å². The molecule has 6 nitrogen and oxygen atoms in total. The number of phenols is 1. The number of imidazole rings is 1. The molecule has 0 unspecified atom stereocenters. The fourth-order valence-electron chi connectivity index (χ4n) is 2.21. The van der Waals surface area contributed by atoms with Gasteiger partial charge >= 0.3 is 6.36 Å². The number of benzene rings is 2. The minimum Gasteiger partial charge on any atom is -0.507 e. The van der Waals surface area contributed by atoms with Gasteiger partial charge in [-0.1, -0.05) is 0 Å². The van der Waals surface area contributed by atoms with E-state index in [0.29, 0.717) is 16.6 Å². The van der Waals surface area contributed by atoms with Gasteiger partial charge in [-0.25, -0.2) is 4.98 Å². The Bertz CT molecular complexity index is 934. The molecule has 24 heavy (non-hydrogen) atoms. The van der Waals surface area contributed by atoms with E-state index < -0.39 is 12.1 Å². The highest BCUT2D eigenvalue weighted by atomic mass is 19.4. The molecule has 2 aromatic carbocycles. The smallest absolute Gasteiger partial charge is 0.507 e. The Kier molecular flexibility index (Phi) is 3.55. The number of aromatic amines is 1. The molecule has 0 aliphatic heterocycles. The number of aromatic hydroxyl groups is 1. The number of nitrogens with one attached hydrogen (secondary N) is 2. The van der Waals surface area contributed by atoms with Crippen LogP contribution in [0.15, 0.2) is 36.4 Å². The Hall–Kier alpha value is -3.23. The van der Waals surface area contributed by atoms with E-state index in [1.165, 1.54) is 0 Å². The number of ether oxygens (including phenoxy) is 1. The number of alkyl halides is 3. The average Bonchev–Trinajstić information content (AvgIpc) is 2.90. The maximum absolute atomic E-state index is 12.3. The molecule has 5 N–H and O–H groups in total. The zero-order valence-corrected chi connectivity index (χ0v) is 12.0. The number of hydrogen-bond acceptors (Lipinski definition) is 4. The van der Waals surface area contributed by atoms with E-state index >= 15 is 0 Å². The van der Waals surface area contributed by atoms with Crippen LogP contribution in [0.1, 0.15) is 5.56 Å². The van der Waals surface area contributed by atoms with E-state index in [-0.39, 0.29) is 23.0 Å². The second kappa shape index (κ2) is 5.44. The van der Waals surface area contributed by atoms with Crippen molar-refractivity contribution in [3.05, 3.63) is 42.0 Å². The molecule has 0 spiro atoms. The average molecular weight is 336 g/mol. The van der Waals surface area contributed by atoms with Crippen molar-refractivity contribution >= 4 is 16.9 Å². The van der Waals surface area contributed by atoms with Gasteiger partial charge < -0.3 is 20.6 Å². The molecule has 1 aromatic heterocycles. The van der Waals surface area contributed by atoms with Crippen LogP contribution in [0.4, 0.5) is 13.2 Å². The van der Waals surface area contributed by atoms with Gasteiger partial charge in [0, 0.05) is 5.56 Å². The molecule has 0 amide bonds. The van der Waals surface area contributed by atoms with Crippen molar-refractivity contribution in [2.24, 2.45) is 5.73 Å². The van der Waals surface area contributed by atoms with E-state index in [1.807, 2.05) is 0 Å². The van der Waals surface area contributed by atoms with Crippen LogP contribution in [-0.4, -0.2) is 27.3 Å². The predicted octanol–water partition coefficient (Wildman–Crippen LogP) is 3.12. The van der Waals surface area contributed by atoms with Crippen LogP contribution in [0, 0.1) is 5.41 Å². The Morgan fingerprint density at radius 1 is 1.21 bits per heavy atom. The number of halogens is 3. The SMILES string of the molecule is N=C(N)c1ccc2nc(-c3cc(OC(F)(F)F)ccc3O)[nH]c2c1. The molecule has 0 bridgehead atoms. The van der Waals surface area contributed by atoms with E-state index in [9.17, 15) is 18.3 Å². The second-order valence-corrected chi connectivity index (χ2v) is 4.96. The van der Waals surface area contributed by atoms with Gasteiger partial charge in [-0.05, 0) is 36.4 Å². The van der Waals surface area contributed by atoms with Crippen molar-refractivity contribution in [3.63, 3.8) is 0 Å². The first-order valence-corrected chi connectivity index (χ1v) is 6.66. The first kappa shape index (κ1) is 15.7. The zero-order chi connectivity index (χ0) is 17.5. The summed E-state index contributed by atoms with van der Waals surface area (Å²) in [5.74, 6) is -0.692. The molecule has 9 heteroatoms. The summed E-state index contributed by atoms with van der Waals surface area (Å²) in [5, 5.41) is 17.3. The van der Waals surface area contributed by atoms with Crippen molar-refractivity contribution < 1.29 is 23.0 Å². The van der Waals surface area contributed by atoms with Crippen molar-refractivity contribution in [3.8, 4) is 22.9 Å². The molecule has 0 atom stereocenters. The number of rotatable bonds is 3. The van der Waals surface area contributed by atoms with Gasteiger partial charge in [0.1, 0.15) is 23.2 Å². The molecule has 0 radical (unpaired) electrons. The highest BCUT2D eigenvalue weighted by Gasteiger charge is 2.31. The summed E-state index contributed by atoms with van der Waals surface area (Å²) in [6.07, 6.45) is -4.83. The van der Waals surface area contributed by atoms with Crippen LogP contribution in [0.25, 0.3) is 22.4 Å². The van der Waals surface area contributed by atoms with Crippen molar-refractivity contribution in [2.75, 3.05) is 0 Å².